The molecule has 146 valence electrons. The molecule has 0 aliphatic heterocycles. The van der Waals surface area contributed by atoms with Crippen LogP contribution in [-0.4, -0.2) is 28.2 Å². The predicted octanol–water partition coefficient (Wildman–Crippen LogP) is 4.28. The van der Waals surface area contributed by atoms with Gasteiger partial charge in [-0.25, -0.2) is 0 Å². The minimum Gasteiger partial charge on any atom is -0.395 e. The van der Waals surface area contributed by atoms with Gasteiger partial charge in [-0.15, -0.1) is 0 Å². The molecule has 4 heteroatoms. The Bertz CT molecular complexity index is 1110. The Hall–Kier alpha value is -3.08. The van der Waals surface area contributed by atoms with Crippen molar-refractivity contribution in [2.75, 3.05) is 13.2 Å². The first-order valence-corrected chi connectivity index (χ1v) is 9.94. The molecule has 2 aromatic heterocycles. The number of nitrogens with zero attached hydrogens (tertiary/aromatic N) is 2. The smallest absolute Gasteiger partial charge is 0.0920 e. The third-order valence-corrected chi connectivity index (χ3v) is 5.24. The number of benzene rings is 2. The Morgan fingerprint density at radius 2 is 1.83 bits per heavy atom. The van der Waals surface area contributed by atoms with Crippen molar-refractivity contribution in [2.45, 2.75) is 19.9 Å². The maximum absolute atomic E-state index is 8.92. The minimum atomic E-state index is 0.135. The van der Waals surface area contributed by atoms with Gasteiger partial charge in [-0.3, -0.25) is 9.97 Å². The quantitative estimate of drug-likeness (QED) is 0.468. The molecule has 0 atom stereocenters. The fourth-order valence-corrected chi connectivity index (χ4v) is 3.69. The molecule has 2 heterocycles. The number of pyridine rings is 2. The topological polar surface area (TPSA) is 58.0 Å². The van der Waals surface area contributed by atoms with Gasteiger partial charge < -0.3 is 10.4 Å². The summed E-state index contributed by atoms with van der Waals surface area (Å²) in [6.07, 6.45) is 4.50. The SMILES string of the molecule is Cc1c(Cc2nccc3cc(CNCCO)cnc23)cccc1-c1ccccc1. The molecule has 0 aliphatic rings. The van der Waals surface area contributed by atoms with Crippen LogP contribution in [0.15, 0.2) is 73.1 Å². The molecular formula is C25H25N3O. The van der Waals surface area contributed by atoms with E-state index < -0.39 is 0 Å². The van der Waals surface area contributed by atoms with Crippen molar-refractivity contribution in [1.29, 1.82) is 0 Å². The summed E-state index contributed by atoms with van der Waals surface area (Å²) in [6, 6.07) is 21.1. The number of fused-ring (bicyclic) bond motifs is 1. The number of rotatable bonds is 7. The van der Waals surface area contributed by atoms with E-state index >= 15 is 0 Å². The maximum Gasteiger partial charge on any atom is 0.0920 e. The Balaban J connectivity index is 1.64. The number of nitrogens with one attached hydrogen (secondary N) is 1. The van der Waals surface area contributed by atoms with Gasteiger partial charge in [0.05, 0.1) is 17.8 Å². The molecule has 0 amide bonds. The Kier molecular flexibility index (Phi) is 5.94. The summed E-state index contributed by atoms with van der Waals surface area (Å²) in [6.45, 7) is 3.59. The maximum atomic E-state index is 8.92. The summed E-state index contributed by atoms with van der Waals surface area (Å²) in [5.74, 6) is 0. The second kappa shape index (κ2) is 8.95. The lowest BCUT2D eigenvalue weighted by Crippen LogP contribution is -2.17. The molecule has 0 radical (unpaired) electrons. The average Bonchev–Trinajstić information content (AvgIpc) is 2.76. The van der Waals surface area contributed by atoms with Gasteiger partial charge >= 0.3 is 0 Å². The number of hydrogen-bond donors (Lipinski definition) is 2. The lowest BCUT2D eigenvalue weighted by molar-refractivity contribution is 0.292. The molecule has 0 saturated carbocycles. The lowest BCUT2D eigenvalue weighted by Gasteiger charge is -2.13. The summed E-state index contributed by atoms with van der Waals surface area (Å²) in [4.78, 5) is 9.34. The second-order valence-electron chi connectivity index (χ2n) is 7.21. The molecular weight excluding hydrogens is 358 g/mol. The van der Waals surface area contributed by atoms with E-state index in [4.69, 9.17) is 10.1 Å². The van der Waals surface area contributed by atoms with Gasteiger partial charge in [0.15, 0.2) is 0 Å². The van der Waals surface area contributed by atoms with Crippen molar-refractivity contribution < 1.29 is 5.11 Å². The number of hydrogen-bond acceptors (Lipinski definition) is 4. The number of aliphatic hydroxyl groups excluding tert-OH is 1. The highest BCUT2D eigenvalue weighted by molar-refractivity contribution is 5.81. The first kappa shape index (κ1) is 19.2. The molecule has 0 spiro atoms. The molecule has 4 nitrogen and oxygen atoms in total. The van der Waals surface area contributed by atoms with Crippen molar-refractivity contribution >= 4 is 10.9 Å². The first-order chi connectivity index (χ1) is 14.3. The average molecular weight is 383 g/mol. The van der Waals surface area contributed by atoms with Crippen molar-refractivity contribution in [3.8, 4) is 11.1 Å². The molecule has 0 bridgehead atoms. The Morgan fingerprint density at radius 1 is 0.966 bits per heavy atom. The van der Waals surface area contributed by atoms with Crippen LogP contribution in [0, 0.1) is 6.92 Å². The zero-order chi connectivity index (χ0) is 20.1. The summed E-state index contributed by atoms with van der Waals surface area (Å²) in [5.41, 5.74) is 8.08. The van der Waals surface area contributed by atoms with E-state index in [0.717, 1.165) is 28.6 Å². The number of aromatic nitrogens is 2. The molecule has 0 fully saturated rings. The van der Waals surface area contributed by atoms with Crippen LogP contribution in [0.2, 0.25) is 0 Å². The van der Waals surface area contributed by atoms with Crippen molar-refractivity contribution in [1.82, 2.24) is 15.3 Å². The molecule has 29 heavy (non-hydrogen) atoms. The van der Waals surface area contributed by atoms with Crippen LogP contribution in [0.4, 0.5) is 0 Å². The van der Waals surface area contributed by atoms with Gasteiger partial charge in [-0.1, -0.05) is 48.5 Å². The van der Waals surface area contributed by atoms with Gasteiger partial charge in [-0.05, 0) is 46.9 Å². The fraction of sp³-hybridized carbons (Fsp3) is 0.200. The van der Waals surface area contributed by atoms with E-state index in [9.17, 15) is 0 Å². The standard InChI is InChI=1S/C25H25N3O/c1-18-21(8-5-9-23(18)20-6-3-2-4-7-20)15-24-25-22(10-11-27-24)14-19(17-28-25)16-26-12-13-29/h2-11,14,17,26,29H,12-13,15-16H2,1H3. The lowest BCUT2D eigenvalue weighted by atomic mass is 9.94. The third kappa shape index (κ3) is 4.34. The monoisotopic (exact) mass is 383 g/mol. The van der Waals surface area contributed by atoms with Crippen LogP contribution in [0.3, 0.4) is 0 Å². The molecule has 4 rings (SSSR count). The van der Waals surface area contributed by atoms with Crippen LogP contribution in [-0.2, 0) is 13.0 Å². The van der Waals surface area contributed by atoms with Crippen LogP contribution in [0.1, 0.15) is 22.4 Å². The molecule has 2 aromatic carbocycles. The molecule has 2 N–H and O–H groups in total. The third-order valence-electron chi connectivity index (χ3n) is 5.24. The van der Waals surface area contributed by atoms with E-state index in [1.807, 2.05) is 24.5 Å². The second-order valence-corrected chi connectivity index (χ2v) is 7.21. The highest BCUT2D eigenvalue weighted by atomic mass is 16.3. The van der Waals surface area contributed by atoms with E-state index in [0.29, 0.717) is 13.1 Å². The van der Waals surface area contributed by atoms with Crippen LogP contribution in [0.5, 0.6) is 0 Å². The summed E-state index contributed by atoms with van der Waals surface area (Å²) < 4.78 is 0. The summed E-state index contributed by atoms with van der Waals surface area (Å²) in [5, 5.41) is 13.2. The Morgan fingerprint density at radius 3 is 2.66 bits per heavy atom. The predicted molar refractivity (Wildman–Crippen MR) is 118 cm³/mol. The van der Waals surface area contributed by atoms with Crippen LogP contribution in [0.25, 0.3) is 22.0 Å². The van der Waals surface area contributed by atoms with Crippen LogP contribution >= 0.6 is 0 Å². The van der Waals surface area contributed by atoms with E-state index in [1.54, 1.807) is 0 Å². The Labute approximate surface area is 171 Å². The largest absolute Gasteiger partial charge is 0.395 e. The zero-order valence-electron chi connectivity index (χ0n) is 16.6. The highest BCUT2D eigenvalue weighted by Crippen LogP contribution is 2.27. The zero-order valence-corrected chi connectivity index (χ0v) is 16.6. The van der Waals surface area contributed by atoms with Crippen molar-refractivity contribution in [2.24, 2.45) is 0 Å². The van der Waals surface area contributed by atoms with Gasteiger partial charge in [0, 0.05) is 37.3 Å². The van der Waals surface area contributed by atoms with E-state index in [2.05, 4.69) is 65.8 Å². The molecule has 0 unspecified atom stereocenters. The molecule has 4 aromatic rings. The highest BCUT2D eigenvalue weighted by Gasteiger charge is 2.11. The van der Waals surface area contributed by atoms with E-state index in [-0.39, 0.29) is 6.61 Å². The van der Waals surface area contributed by atoms with Gasteiger partial charge in [0.1, 0.15) is 0 Å². The fourth-order valence-electron chi connectivity index (χ4n) is 3.69. The normalized spacial score (nSPS) is 11.1. The van der Waals surface area contributed by atoms with Gasteiger partial charge in [-0.2, -0.15) is 0 Å². The van der Waals surface area contributed by atoms with Crippen molar-refractivity contribution in [3.63, 3.8) is 0 Å². The van der Waals surface area contributed by atoms with Crippen molar-refractivity contribution in [3.05, 3.63) is 95.4 Å². The van der Waals surface area contributed by atoms with E-state index in [1.165, 1.54) is 22.3 Å². The summed E-state index contributed by atoms with van der Waals surface area (Å²) >= 11 is 0. The van der Waals surface area contributed by atoms with Crippen LogP contribution < -0.4 is 5.32 Å². The number of aliphatic hydroxyl groups is 1. The minimum absolute atomic E-state index is 0.135. The van der Waals surface area contributed by atoms with Gasteiger partial charge in [0.2, 0.25) is 0 Å². The first-order valence-electron chi connectivity index (χ1n) is 9.94. The molecule has 0 aliphatic carbocycles. The summed E-state index contributed by atoms with van der Waals surface area (Å²) in [7, 11) is 0. The molecule has 0 saturated heterocycles. The van der Waals surface area contributed by atoms with Gasteiger partial charge in [0.25, 0.3) is 0 Å².